The van der Waals surface area contributed by atoms with E-state index >= 15 is 0 Å². The van der Waals surface area contributed by atoms with Gasteiger partial charge in [0.15, 0.2) is 0 Å². The second-order valence-corrected chi connectivity index (χ2v) is 4.92. The Hall–Kier alpha value is -1.54. The maximum absolute atomic E-state index is 10.7. The first-order valence-electron chi connectivity index (χ1n) is 6.96. The van der Waals surface area contributed by atoms with Crippen LogP contribution in [0.4, 0.5) is 0 Å². The molecule has 1 atom stereocenters. The van der Waals surface area contributed by atoms with Crippen molar-refractivity contribution in [2.75, 3.05) is 7.11 Å². The van der Waals surface area contributed by atoms with Gasteiger partial charge in [-0.05, 0) is 22.8 Å². The van der Waals surface area contributed by atoms with Gasteiger partial charge in [0.2, 0.25) is 0 Å². The van der Waals surface area contributed by atoms with Crippen molar-refractivity contribution in [2.45, 2.75) is 32.8 Å². The Morgan fingerprint density at radius 3 is 2.37 bits per heavy atom. The summed E-state index contributed by atoms with van der Waals surface area (Å²) in [5, 5.41) is 12.9. The van der Waals surface area contributed by atoms with Crippen molar-refractivity contribution >= 4 is 10.8 Å². The second kappa shape index (κ2) is 6.07. The number of benzene rings is 2. The van der Waals surface area contributed by atoms with Crippen molar-refractivity contribution < 1.29 is 9.84 Å². The van der Waals surface area contributed by atoms with Gasteiger partial charge in [-0.15, -0.1) is 0 Å². The van der Waals surface area contributed by atoms with Crippen LogP contribution >= 0.6 is 0 Å². The Balaban J connectivity index is 2.61. The van der Waals surface area contributed by atoms with Crippen LogP contribution in [0.1, 0.15) is 38.4 Å². The lowest BCUT2D eigenvalue weighted by Gasteiger charge is -2.24. The molecule has 0 aromatic heterocycles. The average Bonchev–Trinajstić information content (AvgIpc) is 2.47. The summed E-state index contributed by atoms with van der Waals surface area (Å²) in [7, 11) is 1.66. The lowest BCUT2D eigenvalue weighted by molar-refractivity contribution is 0.102. The molecule has 102 valence electrons. The number of hydrogen-bond acceptors (Lipinski definition) is 2. The summed E-state index contributed by atoms with van der Waals surface area (Å²) in [6.07, 6.45) is 1.45. The Kier molecular flexibility index (Phi) is 4.43. The summed E-state index contributed by atoms with van der Waals surface area (Å²) >= 11 is 0. The van der Waals surface area contributed by atoms with Gasteiger partial charge >= 0.3 is 0 Å². The van der Waals surface area contributed by atoms with Crippen LogP contribution in [-0.2, 0) is 0 Å². The van der Waals surface area contributed by atoms with E-state index in [1.807, 2.05) is 24.3 Å². The molecule has 2 aromatic rings. The van der Waals surface area contributed by atoms with Gasteiger partial charge in [0, 0.05) is 5.56 Å². The van der Waals surface area contributed by atoms with Gasteiger partial charge in [-0.2, -0.15) is 0 Å². The average molecular weight is 258 g/mol. The summed E-state index contributed by atoms with van der Waals surface area (Å²) in [6.45, 7) is 4.24. The van der Waals surface area contributed by atoms with E-state index < -0.39 is 6.10 Å². The minimum absolute atomic E-state index is 0.264. The summed E-state index contributed by atoms with van der Waals surface area (Å²) in [4.78, 5) is 0. The smallest absolute Gasteiger partial charge is 0.125 e. The highest BCUT2D eigenvalue weighted by Crippen LogP contribution is 2.38. The predicted octanol–water partition coefficient (Wildman–Crippen LogP) is 4.32. The van der Waals surface area contributed by atoms with Crippen LogP contribution in [0.25, 0.3) is 10.8 Å². The standard InChI is InChI=1S/C17H22O2/c1-4-12(5-2)17(18)16-14-9-7-6-8-13(14)10-11-15(16)19-3/h6-12,17-18H,4-5H2,1-3H3. The molecular formula is C17H22O2. The number of rotatable bonds is 5. The van der Waals surface area contributed by atoms with Gasteiger partial charge in [-0.1, -0.05) is 57.0 Å². The van der Waals surface area contributed by atoms with Crippen molar-refractivity contribution in [1.29, 1.82) is 0 Å². The monoisotopic (exact) mass is 258 g/mol. The molecule has 0 heterocycles. The van der Waals surface area contributed by atoms with Crippen LogP contribution in [0, 0.1) is 5.92 Å². The van der Waals surface area contributed by atoms with Gasteiger partial charge < -0.3 is 9.84 Å². The maximum Gasteiger partial charge on any atom is 0.125 e. The van der Waals surface area contributed by atoms with Crippen molar-refractivity contribution in [3.63, 3.8) is 0 Å². The van der Waals surface area contributed by atoms with Crippen molar-refractivity contribution in [3.8, 4) is 5.75 Å². The molecule has 19 heavy (non-hydrogen) atoms. The Morgan fingerprint density at radius 1 is 1.05 bits per heavy atom. The molecule has 0 amide bonds. The summed E-state index contributed by atoms with van der Waals surface area (Å²) in [5.74, 6) is 1.04. The molecule has 1 unspecified atom stereocenters. The minimum atomic E-state index is -0.476. The van der Waals surface area contributed by atoms with Crippen LogP contribution < -0.4 is 4.74 Å². The summed E-state index contributed by atoms with van der Waals surface area (Å²) < 4.78 is 5.45. The van der Waals surface area contributed by atoms with Gasteiger partial charge in [0.05, 0.1) is 13.2 Å². The van der Waals surface area contributed by atoms with Crippen molar-refractivity contribution in [1.82, 2.24) is 0 Å². The van der Waals surface area contributed by atoms with E-state index in [2.05, 4.69) is 26.0 Å². The van der Waals surface area contributed by atoms with E-state index in [0.29, 0.717) is 0 Å². The van der Waals surface area contributed by atoms with E-state index in [4.69, 9.17) is 4.74 Å². The SMILES string of the molecule is CCC(CC)C(O)c1c(OC)ccc2ccccc12. The molecule has 2 nitrogen and oxygen atoms in total. The third-order valence-electron chi connectivity index (χ3n) is 3.94. The van der Waals surface area contributed by atoms with Crippen LogP contribution in [0.5, 0.6) is 5.75 Å². The second-order valence-electron chi connectivity index (χ2n) is 4.92. The fourth-order valence-corrected chi connectivity index (χ4v) is 2.73. The molecule has 0 saturated heterocycles. The van der Waals surface area contributed by atoms with Crippen LogP contribution in [0.15, 0.2) is 36.4 Å². The fraction of sp³-hybridized carbons (Fsp3) is 0.412. The largest absolute Gasteiger partial charge is 0.496 e. The van der Waals surface area contributed by atoms with Gasteiger partial charge in [0.25, 0.3) is 0 Å². The number of aliphatic hydroxyl groups excluding tert-OH is 1. The molecule has 0 radical (unpaired) electrons. The molecule has 2 heteroatoms. The number of fused-ring (bicyclic) bond motifs is 1. The number of ether oxygens (including phenoxy) is 1. The zero-order valence-electron chi connectivity index (χ0n) is 11.9. The number of aliphatic hydroxyl groups is 1. The molecule has 0 fully saturated rings. The Morgan fingerprint density at radius 2 is 1.74 bits per heavy atom. The minimum Gasteiger partial charge on any atom is -0.496 e. The zero-order chi connectivity index (χ0) is 13.8. The van der Waals surface area contributed by atoms with Crippen molar-refractivity contribution in [2.24, 2.45) is 5.92 Å². The molecule has 2 rings (SSSR count). The third kappa shape index (κ3) is 2.59. The molecule has 0 saturated carbocycles. The first kappa shape index (κ1) is 13.9. The lowest BCUT2D eigenvalue weighted by atomic mass is 9.88. The third-order valence-corrected chi connectivity index (χ3v) is 3.94. The van der Waals surface area contributed by atoms with E-state index in [9.17, 15) is 5.11 Å². The number of hydrogen-bond donors (Lipinski definition) is 1. The Labute approximate surface area is 115 Å². The molecular weight excluding hydrogens is 236 g/mol. The summed E-state index contributed by atoms with van der Waals surface area (Å²) in [5.41, 5.74) is 0.925. The molecule has 0 bridgehead atoms. The van der Waals surface area contributed by atoms with E-state index in [1.54, 1.807) is 7.11 Å². The van der Waals surface area contributed by atoms with Crippen molar-refractivity contribution in [3.05, 3.63) is 42.0 Å². The van der Waals surface area contributed by atoms with E-state index in [1.165, 1.54) is 0 Å². The van der Waals surface area contributed by atoms with E-state index in [0.717, 1.165) is 34.9 Å². The Bertz CT molecular complexity index is 544. The highest BCUT2D eigenvalue weighted by molar-refractivity contribution is 5.88. The highest BCUT2D eigenvalue weighted by atomic mass is 16.5. The van der Waals surface area contributed by atoms with Gasteiger partial charge in [-0.3, -0.25) is 0 Å². The topological polar surface area (TPSA) is 29.5 Å². The maximum atomic E-state index is 10.7. The van der Waals surface area contributed by atoms with E-state index in [-0.39, 0.29) is 5.92 Å². The molecule has 0 spiro atoms. The quantitative estimate of drug-likeness (QED) is 0.865. The molecule has 0 aliphatic rings. The first-order chi connectivity index (χ1) is 9.22. The van der Waals surface area contributed by atoms with Crippen LogP contribution in [-0.4, -0.2) is 12.2 Å². The molecule has 0 aliphatic carbocycles. The van der Waals surface area contributed by atoms with Gasteiger partial charge in [-0.25, -0.2) is 0 Å². The van der Waals surface area contributed by atoms with Crippen LogP contribution in [0.2, 0.25) is 0 Å². The normalized spacial score (nSPS) is 12.9. The lowest BCUT2D eigenvalue weighted by Crippen LogP contribution is -2.12. The highest BCUT2D eigenvalue weighted by Gasteiger charge is 2.23. The molecule has 0 aliphatic heterocycles. The predicted molar refractivity (Wildman–Crippen MR) is 79.5 cm³/mol. The zero-order valence-corrected chi connectivity index (χ0v) is 11.9. The van der Waals surface area contributed by atoms with Gasteiger partial charge in [0.1, 0.15) is 5.75 Å². The first-order valence-corrected chi connectivity index (χ1v) is 6.96. The van der Waals surface area contributed by atoms with Crippen LogP contribution in [0.3, 0.4) is 0 Å². The number of methoxy groups -OCH3 is 1. The fourth-order valence-electron chi connectivity index (χ4n) is 2.73. The summed E-state index contributed by atoms with van der Waals surface area (Å²) in [6, 6.07) is 12.1. The molecule has 1 N–H and O–H groups in total. The molecule has 2 aromatic carbocycles.